The van der Waals surface area contributed by atoms with Gasteiger partial charge in [0, 0.05) is 49.9 Å². The lowest BCUT2D eigenvalue weighted by Crippen LogP contribution is -2.45. The smallest absolute Gasteiger partial charge is 0.325 e. The van der Waals surface area contributed by atoms with E-state index in [0.717, 1.165) is 29.7 Å². The zero-order valence-corrected chi connectivity index (χ0v) is 18.8. The normalized spacial score (nSPS) is 18.7. The van der Waals surface area contributed by atoms with Crippen molar-refractivity contribution in [3.05, 3.63) is 41.2 Å². The summed E-state index contributed by atoms with van der Waals surface area (Å²) in [6, 6.07) is 7.02. The van der Waals surface area contributed by atoms with E-state index in [-0.39, 0.29) is 30.8 Å². The topological polar surface area (TPSA) is 98.7 Å². The lowest BCUT2D eigenvalue weighted by Gasteiger charge is -2.34. The van der Waals surface area contributed by atoms with Crippen LogP contribution in [0.2, 0.25) is 5.02 Å². The third-order valence-corrected chi connectivity index (χ3v) is 5.97. The van der Waals surface area contributed by atoms with E-state index < -0.39 is 6.03 Å². The van der Waals surface area contributed by atoms with Crippen LogP contribution in [0.3, 0.4) is 0 Å². The molecule has 1 N–H and O–H groups in total. The number of aromatic nitrogens is 2. The number of hydrogen-bond donors (Lipinski definition) is 1. The summed E-state index contributed by atoms with van der Waals surface area (Å²) in [5.41, 5.74) is 2.76. The lowest BCUT2D eigenvalue weighted by atomic mass is 9.90. The van der Waals surface area contributed by atoms with Crippen molar-refractivity contribution in [2.45, 2.75) is 18.8 Å². The van der Waals surface area contributed by atoms with Gasteiger partial charge in [-0.2, -0.15) is 0 Å². The van der Waals surface area contributed by atoms with E-state index >= 15 is 0 Å². The van der Waals surface area contributed by atoms with E-state index in [1.807, 2.05) is 49.5 Å². The monoisotopic (exact) mass is 456 g/mol. The van der Waals surface area contributed by atoms with Gasteiger partial charge in [0.05, 0.1) is 5.69 Å². The molecule has 0 saturated carbocycles. The van der Waals surface area contributed by atoms with Crippen LogP contribution >= 0.6 is 11.6 Å². The van der Waals surface area contributed by atoms with Crippen LogP contribution in [0.4, 0.5) is 10.7 Å². The molecule has 1 aromatic heterocycles. The summed E-state index contributed by atoms with van der Waals surface area (Å²) in [7, 11) is 3.78. The second kappa shape index (κ2) is 9.12. The Morgan fingerprint density at radius 2 is 2.00 bits per heavy atom. The number of urea groups is 1. The summed E-state index contributed by atoms with van der Waals surface area (Å²) in [6.07, 6.45) is 3.53. The minimum Gasteiger partial charge on any atom is -0.347 e. The summed E-state index contributed by atoms with van der Waals surface area (Å²) < 4.78 is 0. The number of carbonyl (C=O) groups is 3. The highest BCUT2D eigenvalue weighted by Gasteiger charge is 2.32. The van der Waals surface area contributed by atoms with Crippen LogP contribution in [-0.4, -0.2) is 77.9 Å². The molecule has 1 atom stereocenters. The molecule has 9 nitrogen and oxygen atoms in total. The Bertz CT molecular complexity index is 1040. The van der Waals surface area contributed by atoms with Crippen LogP contribution in [-0.2, 0) is 9.59 Å². The Labute approximate surface area is 191 Å². The fraction of sp³-hybridized carbons (Fsp3) is 0.409. The van der Waals surface area contributed by atoms with Gasteiger partial charge in [-0.15, -0.1) is 0 Å². The molecular weight excluding hydrogens is 432 g/mol. The number of likely N-dealkylation sites (tertiary alicyclic amines) is 1. The molecule has 0 aliphatic carbocycles. The molecule has 32 heavy (non-hydrogen) atoms. The minimum atomic E-state index is -0.520. The molecule has 0 bridgehead atoms. The molecular formula is C22H25ClN6O3. The zero-order chi connectivity index (χ0) is 22.8. The van der Waals surface area contributed by atoms with Gasteiger partial charge in [0.15, 0.2) is 0 Å². The van der Waals surface area contributed by atoms with Crippen molar-refractivity contribution in [3.63, 3.8) is 0 Å². The predicted molar refractivity (Wildman–Crippen MR) is 120 cm³/mol. The number of carbonyl (C=O) groups excluding carboxylic acids is 3. The van der Waals surface area contributed by atoms with Crippen LogP contribution in [0.15, 0.2) is 30.5 Å². The fourth-order valence-corrected chi connectivity index (χ4v) is 4.19. The van der Waals surface area contributed by atoms with Gasteiger partial charge in [-0.05, 0) is 30.5 Å². The van der Waals surface area contributed by atoms with E-state index in [2.05, 4.69) is 10.3 Å². The minimum absolute atomic E-state index is 0.0223. The number of nitrogens with one attached hydrogen (secondary N) is 1. The molecule has 2 saturated heterocycles. The molecule has 2 aliphatic heterocycles. The fourth-order valence-electron chi connectivity index (χ4n) is 4.06. The molecule has 4 amide bonds. The van der Waals surface area contributed by atoms with Gasteiger partial charge >= 0.3 is 6.03 Å². The van der Waals surface area contributed by atoms with Crippen molar-refractivity contribution >= 4 is 35.4 Å². The third-order valence-electron chi connectivity index (χ3n) is 5.72. The Morgan fingerprint density at radius 3 is 2.66 bits per heavy atom. The van der Waals surface area contributed by atoms with Gasteiger partial charge in [-0.25, -0.2) is 14.8 Å². The standard InChI is InChI=1S/C22H25ClN6O3/c1-27(2)21-24-10-17(14-5-7-16(23)8-6-14)20(26-21)15-4-3-9-28(11-15)19(31)13-29-12-18(30)25-22(29)32/h5-8,10,15H,3-4,9,11-13H2,1-2H3,(H,25,30,32). The number of hydrogen-bond acceptors (Lipinski definition) is 6. The molecule has 3 heterocycles. The maximum atomic E-state index is 12.9. The van der Waals surface area contributed by atoms with E-state index in [1.54, 1.807) is 4.90 Å². The zero-order valence-electron chi connectivity index (χ0n) is 18.0. The molecule has 1 aromatic carbocycles. The first-order valence-electron chi connectivity index (χ1n) is 10.5. The van der Waals surface area contributed by atoms with Crippen molar-refractivity contribution in [3.8, 4) is 11.1 Å². The summed E-state index contributed by atoms with van der Waals surface area (Å²) in [6.45, 7) is 0.912. The number of rotatable bonds is 5. The second-order valence-electron chi connectivity index (χ2n) is 8.26. The lowest BCUT2D eigenvalue weighted by molar-refractivity contribution is -0.133. The molecule has 168 valence electrons. The predicted octanol–water partition coefficient (Wildman–Crippen LogP) is 2.12. The number of halogens is 1. The summed E-state index contributed by atoms with van der Waals surface area (Å²) in [4.78, 5) is 50.3. The van der Waals surface area contributed by atoms with Crippen molar-refractivity contribution in [1.82, 2.24) is 25.1 Å². The van der Waals surface area contributed by atoms with Gasteiger partial charge in [0.2, 0.25) is 17.8 Å². The van der Waals surface area contributed by atoms with Gasteiger partial charge < -0.3 is 14.7 Å². The van der Waals surface area contributed by atoms with E-state index in [4.69, 9.17) is 16.6 Å². The number of anilines is 1. The Hall–Kier alpha value is -3.20. The molecule has 1 unspecified atom stereocenters. The van der Waals surface area contributed by atoms with Crippen molar-refractivity contribution in [1.29, 1.82) is 0 Å². The number of benzene rings is 1. The summed E-state index contributed by atoms with van der Waals surface area (Å²) in [5, 5.41) is 2.86. The molecule has 10 heteroatoms. The van der Waals surface area contributed by atoms with Gasteiger partial charge in [0.1, 0.15) is 13.1 Å². The van der Waals surface area contributed by atoms with Gasteiger partial charge in [0.25, 0.3) is 0 Å². The maximum absolute atomic E-state index is 12.9. The highest BCUT2D eigenvalue weighted by molar-refractivity contribution is 6.30. The average Bonchev–Trinajstić information content (AvgIpc) is 3.10. The van der Waals surface area contributed by atoms with Crippen LogP contribution < -0.4 is 10.2 Å². The Morgan fingerprint density at radius 1 is 1.25 bits per heavy atom. The van der Waals surface area contributed by atoms with Crippen molar-refractivity contribution < 1.29 is 14.4 Å². The van der Waals surface area contributed by atoms with E-state index in [9.17, 15) is 14.4 Å². The van der Waals surface area contributed by atoms with Crippen LogP contribution in [0.5, 0.6) is 0 Å². The van der Waals surface area contributed by atoms with E-state index in [1.165, 1.54) is 4.90 Å². The molecule has 0 radical (unpaired) electrons. The van der Waals surface area contributed by atoms with Gasteiger partial charge in [-0.3, -0.25) is 14.9 Å². The molecule has 0 spiro atoms. The van der Waals surface area contributed by atoms with E-state index in [0.29, 0.717) is 24.1 Å². The first-order valence-corrected chi connectivity index (χ1v) is 10.9. The number of piperidine rings is 1. The average molecular weight is 457 g/mol. The van der Waals surface area contributed by atoms with Crippen LogP contribution in [0.25, 0.3) is 11.1 Å². The molecule has 2 aliphatic rings. The third kappa shape index (κ3) is 4.67. The van der Waals surface area contributed by atoms with Crippen LogP contribution in [0, 0.1) is 0 Å². The second-order valence-corrected chi connectivity index (χ2v) is 8.69. The quantitative estimate of drug-likeness (QED) is 0.692. The summed E-state index contributed by atoms with van der Waals surface area (Å²) >= 11 is 6.06. The van der Waals surface area contributed by atoms with Crippen LogP contribution in [0.1, 0.15) is 24.5 Å². The highest BCUT2D eigenvalue weighted by atomic mass is 35.5. The highest BCUT2D eigenvalue weighted by Crippen LogP contribution is 2.34. The largest absolute Gasteiger partial charge is 0.347 e. The maximum Gasteiger partial charge on any atom is 0.325 e. The first kappa shape index (κ1) is 22.0. The molecule has 4 rings (SSSR count). The SMILES string of the molecule is CN(C)c1ncc(-c2ccc(Cl)cc2)c(C2CCCN(C(=O)CN3CC(=O)NC3=O)C2)n1. The van der Waals surface area contributed by atoms with Gasteiger partial charge in [-0.1, -0.05) is 23.7 Å². The van der Waals surface area contributed by atoms with Crippen molar-refractivity contribution in [2.24, 2.45) is 0 Å². The molecule has 2 fully saturated rings. The molecule has 2 aromatic rings. The van der Waals surface area contributed by atoms with Crippen molar-refractivity contribution in [2.75, 3.05) is 45.2 Å². The Kier molecular flexibility index (Phi) is 6.27. The first-order chi connectivity index (χ1) is 15.3. The summed E-state index contributed by atoms with van der Waals surface area (Å²) in [5.74, 6) is 0.0705. The number of amides is 4. The Balaban J connectivity index is 1.58. The number of imide groups is 1. The number of nitrogens with zero attached hydrogens (tertiary/aromatic N) is 5.